The topological polar surface area (TPSA) is 69.9 Å². The van der Waals surface area contributed by atoms with Gasteiger partial charge in [0.25, 0.3) is 0 Å². The van der Waals surface area contributed by atoms with Gasteiger partial charge in [-0.1, -0.05) is 0 Å². The molecule has 0 radical (unpaired) electrons. The smallest absolute Gasteiger partial charge is 0.129 e. The molecular formula is C10H13FO4. The Morgan fingerprint density at radius 1 is 1.40 bits per heavy atom. The zero-order valence-electron chi connectivity index (χ0n) is 8.22. The molecule has 2 atom stereocenters. The number of aliphatic hydroxyl groups is 3. The fourth-order valence-corrected chi connectivity index (χ4v) is 1.18. The van der Waals surface area contributed by atoms with Crippen molar-refractivity contribution in [2.45, 2.75) is 12.2 Å². The molecule has 0 aromatic heterocycles. The van der Waals surface area contributed by atoms with Crippen molar-refractivity contribution in [2.75, 3.05) is 13.7 Å². The minimum absolute atomic E-state index is 0.101. The van der Waals surface area contributed by atoms with E-state index in [1.807, 2.05) is 0 Å². The van der Waals surface area contributed by atoms with Crippen molar-refractivity contribution < 1.29 is 24.4 Å². The molecule has 0 saturated carbocycles. The van der Waals surface area contributed by atoms with Crippen molar-refractivity contribution in [1.29, 1.82) is 0 Å². The Morgan fingerprint density at radius 2 is 2.07 bits per heavy atom. The van der Waals surface area contributed by atoms with Crippen LogP contribution in [0.2, 0.25) is 0 Å². The number of halogens is 1. The molecule has 0 heterocycles. The van der Waals surface area contributed by atoms with E-state index in [0.29, 0.717) is 5.75 Å². The van der Waals surface area contributed by atoms with Gasteiger partial charge in [0, 0.05) is 5.56 Å². The molecule has 0 aliphatic carbocycles. The van der Waals surface area contributed by atoms with Gasteiger partial charge >= 0.3 is 0 Å². The Bertz CT molecular complexity index is 329. The predicted molar refractivity (Wildman–Crippen MR) is 51.0 cm³/mol. The number of aliphatic hydroxyl groups excluding tert-OH is 3. The van der Waals surface area contributed by atoms with Gasteiger partial charge < -0.3 is 20.1 Å². The second kappa shape index (κ2) is 5.06. The largest absolute Gasteiger partial charge is 0.497 e. The second-order valence-electron chi connectivity index (χ2n) is 3.08. The lowest BCUT2D eigenvalue weighted by Gasteiger charge is -2.17. The number of ether oxygens (including phenoxy) is 1. The van der Waals surface area contributed by atoms with E-state index >= 15 is 0 Å². The minimum atomic E-state index is -1.47. The summed E-state index contributed by atoms with van der Waals surface area (Å²) in [6.45, 7) is -0.641. The van der Waals surface area contributed by atoms with Gasteiger partial charge in [-0.15, -0.1) is 0 Å². The minimum Gasteiger partial charge on any atom is -0.497 e. The fraction of sp³-hybridized carbons (Fsp3) is 0.400. The maximum atomic E-state index is 13.2. The molecule has 0 spiro atoms. The first kappa shape index (κ1) is 11.9. The summed E-state index contributed by atoms with van der Waals surface area (Å²) in [7, 11) is 1.41. The number of benzene rings is 1. The molecule has 0 fully saturated rings. The van der Waals surface area contributed by atoms with E-state index in [0.717, 1.165) is 6.07 Å². The summed E-state index contributed by atoms with van der Waals surface area (Å²) in [4.78, 5) is 0. The monoisotopic (exact) mass is 216 g/mol. The Kier molecular flexibility index (Phi) is 4.02. The van der Waals surface area contributed by atoms with Gasteiger partial charge in [0.05, 0.1) is 13.7 Å². The van der Waals surface area contributed by atoms with Gasteiger partial charge in [-0.25, -0.2) is 4.39 Å². The zero-order valence-corrected chi connectivity index (χ0v) is 8.22. The van der Waals surface area contributed by atoms with E-state index < -0.39 is 24.6 Å². The average molecular weight is 216 g/mol. The molecule has 4 nitrogen and oxygen atoms in total. The highest BCUT2D eigenvalue weighted by atomic mass is 19.1. The van der Waals surface area contributed by atoms with Gasteiger partial charge in [0.2, 0.25) is 0 Å². The third kappa shape index (κ3) is 2.65. The number of hydrogen-bond acceptors (Lipinski definition) is 4. The standard InChI is InChI=1S/C10H13FO4/c1-15-6-2-3-8(11)7(4-6)10(14)9(13)5-12/h2-4,9-10,12-14H,5H2,1H3. The van der Waals surface area contributed by atoms with Crippen LogP contribution in [0.15, 0.2) is 18.2 Å². The van der Waals surface area contributed by atoms with Gasteiger partial charge in [-0.05, 0) is 18.2 Å². The summed E-state index contributed by atoms with van der Waals surface area (Å²) in [6.07, 6.45) is -2.88. The van der Waals surface area contributed by atoms with Crippen LogP contribution in [0.1, 0.15) is 11.7 Å². The predicted octanol–water partition coefficient (Wildman–Crippen LogP) is 0.221. The molecular weight excluding hydrogens is 203 g/mol. The van der Waals surface area contributed by atoms with Crippen molar-refractivity contribution in [3.05, 3.63) is 29.6 Å². The third-order valence-electron chi connectivity index (χ3n) is 2.07. The average Bonchev–Trinajstić information content (AvgIpc) is 2.27. The Hall–Kier alpha value is -1.17. The van der Waals surface area contributed by atoms with Crippen LogP contribution in [-0.2, 0) is 0 Å². The highest BCUT2D eigenvalue weighted by molar-refractivity contribution is 5.31. The molecule has 2 unspecified atom stereocenters. The van der Waals surface area contributed by atoms with Crippen LogP contribution in [-0.4, -0.2) is 35.1 Å². The summed E-state index contributed by atoms with van der Waals surface area (Å²) in [6, 6.07) is 3.80. The van der Waals surface area contributed by atoms with Gasteiger partial charge in [-0.3, -0.25) is 0 Å². The van der Waals surface area contributed by atoms with Gasteiger partial charge in [0.1, 0.15) is 23.8 Å². The van der Waals surface area contributed by atoms with Crippen LogP contribution in [0.25, 0.3) is 0 Å². The molecule has 0 saturated heterocycles. The molecule has 1 aromatic carbocycles. The first-order chi connectivity index (χ1) is 7.10. The summed E-state index contributed by atoms with van der Waals surface area (Å²) < 4.78 is 18.1. The lowest BCUT2D eigenvalue weighted by Crippen LogP contribution is -2.22. The van der Waals surface area contributed by atoms with Crippen molar-refractivity contribution in [2.24, 2.45) is 0 Å². The van der Waals surface area contributed by atoms with Crippen molar-refractivity contribution in [1.82, 2.24) is 0 Å². The molecule has 3 N–H and O–H groups in total. The summed E-state index contributed by atoms with van der Waals surface area (Å²) >= 11 is 0. The van der Waals surface area contributed by atoms with E-state index in [4.69, 9.17) is 14.9 Å². The molecule has 5 heteroatoms. The van der Waals surface area contributed by atoms with Gasteiger partial charge in [-0.2, -0.15) is 0 Å². The summed E-state index contributed by atoms with van der Waals surface area (Å²) in [5.74, 6) is -0.286. The Balaban J connectivity index is 3.01. The molecule has 0 aliphatic heterocycles. The zero-order chi connectivity index (χ0) is 11.4. The molecule has 84 valence electrons. The van der Waals surface area contributed by atoms with Crippen LogP contribution in [0.4, 0.5) is 4.39 Å². The van der Waals surface area contributed by atoms with E-state index in [2.05, 4.69) is 0 Å². The molecule has 0 bridgehead atoms. The Labute approximate surface area is 86.6 Å². The lowest BCUT2D eigenvalue weighted by molar-refractivity contribution is -0.0169. The van der Waals surface area contributed by atoms with Crippen LogP contribution in [0, 0.1) is 5.82 Å². The number of methoxy groups -OCH3 is 1. The van der Waals surface area contributed by atoms with Crippen molar-refractivity contribution in [3.63, 3.8) is 0 Å². The Morgan fingerprint density at radius 3 is 2.60 bits per heavy atom. The van der Waals surface area contributed by atoms with Gasteiger partial charge in [0.15, 0.2) is 0 Å². The highest BCUT2D eigenvalue weighted by Crippen LogP contribution is 2.24. The molecule has 1 rings (SSSR count). The van der Waals surface area contributed by atoms with E-state index in [-0.39, 0.29) is 5.56 Å². The second-order valence-corrected chi connectivity index (χ2v) is 3.08. The van der Waals surface area contributed by atoms with Crippen molar-refractivity contribution in [3.8, 4) is 5.75 Å². The fourth-order valence-electron chi connectivity index (χ4n) is 1.18. The molecule has 15 heavy (non-hydrogen) atoms. The van der Waals surface area contributed by atoms with E-state index in [9.17, 15) is 9.50 Å². The normalized spacial score (nSPS) is 14.7. The highest BCUT2D eigenvalue weighted by Gasteiger charge is 2.21. The first-order valence-electron chi connectivity index (χ1n) is 4.40. The number of hydrogen-bond donors (Lipinski definition) is 3. The van der Waals surface area contributed by atoms with Crippen molar-refractivity contribution >= 4 is 0 Å². The van der Waals surface area contributed by atoms with Crippen LogP contribution >= 0.6 is 0 Å². The third-order valence-corrected chi connectivity index (χ3v) is 2.07. The summed E-state index contributed by atoms with van der Waals surface area (Å²) in [5.41, 5.74) is -0.101. The van der Waals surface area contributed by atoms with Crippen LogP contribution in [0.5, 0.6) is 5.75 Å². The van der Waals surface area contributed by atoms with E-state index in [1.54, 1.807) is 0 Å². The maximum Gasteiger partial charge on any atom is 0.129 e. The first-order valence-corrected chi connectivity index (χ1v) is 4.40. The van der Waals surface area contributed by atoms with Crippen LogP contribution < -0.4 is 4.74 Å². The quantitative estimate of drug-likeness (QED) is 0.673. The molecule has 0 amide bonds. The molecule has 0 aliphatic rings. The molecule has 1 aromatic rings. The van der Waals surface area contributed by atoms with E-state index in [1.165, 1.54) is 19.2 Å². The number of rotatable bonds is 4. The maximum absolute atomic E-state index is 13.2. The summed E-state index contributed by atoms with van der Waals surface area (Å²) in [5, 5.41) is 27.3. The lowest BCUT2D eigenvalue weighted by atomic mass is 10.0. The van der Waals surface area contributed by atoms with Crippen LogP contribution in [0.3, 0.4) is 0 Å². The SMILES string of the molecule is COc1ccc(F)c(C(O)C(O)CO)c1.